The zero-order valence-electron chi connectivity index (χ0n) is 15.6. The van der Waals surface area contributed by atoms with Crippen LogP contribution in [0.4, 0.5) is 4.79 Å². The lowest BCUT2D eigenvalue weighted by Gasteiger charge is -2.28. The Balaban J connectivity index is 0.00000312. The molecule has 1 aliphatic heterocycles. The van der Waals surface area contributed by atoms with E-state index in [4.69, 9.17) is 5.73 Å². The third-order valence-electron chi connectivity index (χ3n) is 5.43. The highest BCUT2D eigenvalue weighted by atomic mass is 35.5. The number of carbonyl (C=O) groups excluding carboxylic acids is 3. The average Bonchev–Trinajstić information content (AvgIpc) is 3.09. The number of halogens is 1. The van der Waals surface area contributed by atoms with Crippen molar-refractivity contribution >= 4 is 30.3 Å². The van der Waals surface area contributed by atoms with Crippen LogP contribution in [0.5, 0.6) is 0 Å². The zero-order chi connectivity index (χ0) is 18.1. The lowest BCUT2D eigenvalue weighted by Crippen LogP contribution is -2.50. The van der Waals surface area contributed by atoms with Crippen molar-refractivity contribution < 1.29 is 14.4 Å². The Hall–Kier alpha value is -1.34. The van der Waals surface area contributed by atoms with Crippen LogP contribution in [0.2, 0.25) is 0 Å². The van der Waals surface area contributed by atoms with Gasteiger partial charge in [-0.15, -0.1) is 12.4 Å². The van der Waals surface area contributed by atoms with Gasteiger partial charge in [-0.05, 0) is 32.1 Å². The lowest BCUT2D eigenvalue weighted by molar-refractivity contribution is -0.142. The van der Waals surface area contributed by atoms with Gasteiger partial charge in [-0.2, -0.15) is 0 Å². The van der Waals surface area contributed by atoms with Gasteiger partial charge in [-0.25, -0.2) is 9.69 Å². The van der Waals surface area contributed by atoms with Crippen molar-refractivity contribution in [3.05, 3.63) is 0 Å². The molecule has 3 N–H and O–H groups in total. The summed E-state index contributed by atoms with van der Waals surface area (Å²) in [7, 11) is 1.69. The molecule has 1 saturated heterocycles. The van der Waals surface area contributed by atoms with Crippen LogP contribution in [0.15, 0.2) is 0 Å². The number of hydrogen-bond donors (Lipinski definition) is 2. The molecule has 144 valence electrons. The minimum absolute atomic E-state index is 0. The summed E-state index contributed by atoms with van der Waals surface area (Å²) in [5.74, 6) is -0.137. The van der Waals surface area contributed by atoms with Crippen molar-refractivity contribution in [2.24, 2.45) is 11.7 Å². The topological polar surface area (TPSA) is 95.7 Å². The summed E-state index contributed by atoms with van der Waals surface area (Å²) in [6.07, 6.45) is 3.86. The van der Waals surface area contributed by atoms with Gasteiger partial charge in [-0.3, -0.25) is 9.59 Å². The highest BCUT2D eigenvalue weighted by Crippen LogP contribution is 2.35. The minimum Gasteiger partial charge on any atom is -0.344 e. The normalized spacial score (nSPS) is 21.3. The summed E-state index contributed by atoms with van der Waals surface area (Å²) in [5, 5.41) is 2.82. The number of imide groups is 1. The highest BCUT2D eigenvalue weighted by Gasteiger charge is 2.54. The molecule has 0 aromatic rings. The van der Waals surface area contributed by atoms with Gasteiger partial charge >= 0.3 is 6.03 Å². The molecule has 4 amide bonds. The average molecular weight is 375 g/mol. The summed E-state index contributed by atoms with van der Waals surface area (Å²) in [5.41, 5.74) is 5.25. The molecule has 1 heterocycles. The first-order chi connectivity index (χ1) is 11.2. The van der Waals surface area contributed by atoms with Crippen molar-refractivity contribution in [2.75, 3.05) is 13.6 Å². The zero-order valence-corrected chi connectivity index (χ0v) is 16.4. The molecule has 1 aliphatic carbocycles. The SMILES string of the molecule is CC(C)C(N)CCN(C)C(=O)C(C)N1C(=O)NC2(CCCC2)C1=O.Cl. The lowest BCUT2D eigenvalue weighted by atomic mass is 9.97. The van der Waals surface area contributed by atoms with E-state index in [0.717, 1.165) is 17.7 Å². The largest absolute Gasteiger partial charge is 0.344 e. The van der Waals surface area contributed by atoms with Gasteiger partial charge in [-0.1, -0.05) is 26.7 Å². The first kappa shape index (κ1) is 21.7. The number of hydrogen-bond acceptors (Lipinski definition) is 4. The van der Waals surface area contributed by atoms with Gasteiger partial charge in [0.15, 0.2) is 0 Å². The Morgan fingerprint density at radius 3 is 2.36 bits per heavy atom. The van der Waals surface area contributed by atoms with Crippen molar-refractivity contribution in [3.63, 3.8) is 0 Å². The fraction of sp³-hybridized carbons (Fsp3) is 0.824. The quantitative estimate of drug-likeness (QED) is 0.688. The molecule has 0 radical (unpaired) electrons. The number of urea groups is 1. The van der Waals surface area contributed by atoms with Crippen LogP contribution in [0.25, 0.3) is 0 Å². The van der Waals surface area contributed by atoms with E-state index in [9.17, 15) is 14.4 Å². The summed E-state index contributed by atoms with van der Waals surface area (Å²) in [6, 6.07) is -1.22. The van der Waals surface area contributed by atoms with Gasteiger partial charge in [0.2, 0.25) is 5.91 Å². The van der Waals surface area contributed by atoms with Gasteiger partial charge in [0.05, 0.1) is 0 Å². The Labute approximate surface area is 156 Å². The molecule has 2 rings (SSSR count). The minimum atomic E-state index is -0.794. The van der Waals surface area contributed by atoms with E-state index < -0.39 is 17.6 Å². The summed E-state index contributed by atoms with van der Waals surface area (Å²) < 4.78 is 0. The van der Waals surface area contributed by atoms with Crippen LogP contribution in [0, 0.1) is 5.92 Å². The second kappa shape index (κ2) is 8.36. The van der Waals surface area contributed by atoms with Crippen molar-refractivity contribution in [3.8, 4) is 0 Å². The first-order valence-corrected chi connectivity index (χ1v) is 8.86. The van der Waals surface area contributed by atoms with Crippen LogP contribution in [0.3, 0.4) is 0 Å². The molecule has 1 saturated carbocycles. The molecule has 2 aliphatic rings. The Morgan fingerprint density at radius 1 is 1.28 bits per heavy atom. The standard InChI is InChI=1S/C17H30N4O3.ClH/c1-11(2)13(18)7-10-20(4)14(22)12(3)21-15(23)17(19-16(21)24)8-5-6-9-17;/h11-13H,5-10,18H2,1-4H3,(H,19,24);1H. The summed E-state index contributed by atoms with van der Waals surface area (Å²) >= 11 is 0. The molecule has 8 heteroatoms. The monoisotopic (exact) mass is 374 g/mol. The molecule has 7 nitrogen and oxygen atoms in total. The van der Waals surface area contributed by atoms with E-state index >= 15 is 0 Å². The second-order valence-corrected chi connectivity index (χ2v) is 7.53. The highest BCUT2D eigenvalue weighted by molar-refractivity contribution is 6.09. The van der Waals surface area contributed by atoms with E-state index in [1.807, 2.05) is 13.8 Å². The van der Waals surface area contributed by atoms with Crippen molar-refractivity contribution in [1.82, 2.24) is 15.1 Å². The molecule has 2 atom stereocenters. The maximum atomic E-state index is 12.7. The fourth-order valence-corrected chi connectivity index (χ4v) is 3.53. The van der Waals surface area contributed by atoms with Crippen molar-refractivity contribution in [1.29, 1.82) is 0 Å². The third-order valence-corrected chi connectivity index (χ3v) is 5.43. The van der Waals surface area contributed by atoms with E-state index in [1.165, 1.54) is 0 Å². The summed E-state index contributed by atoms with van der Waals surface area (Å²) in [6.45, 7) is 6.22. The predicted octanol–water partition coefficient (Wildman–Crippen LogP) is 1.49. The van der Waals surface area contributed by atoms with Crippen LogP contribution < -0.4 is 11.1 Å². The molecule has 0 aromatic carbocycles. The maximum absolute atomic E-state index is 12.7. The number of likely N-dealkylation sites (N-methyl/N-ethyl adjacent to an activating group) is 1. The number of nitrogens with zero attached hydrogens (tertiary/aromatic N) is 2. The van der Waals surface area contributed by atoms with E-state index in [1.54, 1.807) is 18.9 Å². The number of nitrogens with two attached hydrogens (primary N) is 1. The Kier molecular flexibility index (Phi) is 7.26. The Bertz CT molecular complexity index is 520. The number of rotatable bonds is 6. The van der Waals surface area contributed by atoms with Crippen molar-refractivity contribution in [2.45, 2.75) is 70.5 Å². The van der Waals surface area contributed by atoms with Gasteiger partial charge in [0.1, 0.15) is 11.6 Å². The van der Waals surface area contributed by atoms with Crippen LogP contribution >= 0.6 is 12.4 Å². The second-order valence-electron chi connectivity index (χ2n) is 7.53. The van der Waals surface area contributed by atoms with E-state index in [0.29, 0.717) is 31.7 Å². The molecule has 25 heavy (non-hydrogen) atoms. The maximum Gasteiger partial charge on any atom is 0.325 e. The predicted molar refractivity (Wildman–Crippen MR) is 98.4 cm³/mol. The Morgan fingerprint density at radius 2 is 1.84 bits per heavy atom. The van der Waals surface area contributed by atoms with Gasteiger partial charge < -0.3 is 16.0 Å². The number of nitrogens with one attached hydrogen (secondary N) is 1. The first-order valence-electron chi connectivity index (χ1n) is 8.86. The molecular weight excluding hydrogens is 344 g/mol. The van der Waals surface area contributed by atoms with Crippen LogP contribution in [0.1, 0.15) is 52.9 Å². The van der Waals surface area contributed by atoms with Gasteiger partial charge in [0, 0.05) is 19.6 Å². The number of amides is 4. The molecule has 2 unspecified atom stereocenters. The summed E-state index contributed by atoms with van der Waals surface area (Å²) in [4.78, 5) is 40.3. The fourth-order valence-electron chi connectivity index (χ4n) is 3.53. The molecular formula is C17H31ClN4O3. The smallest absolute Gasteiger partial charge is 0.325 e. The molecule has 2 fully saturated rings. The molecule has 0 bridgehead atoms. The van der Waals surface area contributed by atoms with E-state index in [2.05, 4.69) is 5.32 Å². The van der Waals surface area contributed by atoms with E-state index in [-0.39, 0.29) is 30.3 Å². The van der Waals surface area contributed by atoms with Crippen LogP contribution in [-0.4, -0.2) is 58.9 Å². The third kappa shape index (κ3) is 4.26. The van der Waals surface area contributed by atoms with Gasteiger partial charge in [0.25, 0.3) is 5.91 Å². The molecule has 0 aromatic heterocycles. The van der Waals surface area contributed by atoms with Crippen LogP contribution in [-0.2, 0) is 9.59 Å². The molecule has 1 spiro atoms. The number of carbonyl (C=O) groups is 3.